The van der Waals surface area contributed by atoms with Crippen LogP contribution >= 0.6 is 79.5 Å². The number of nitrogens with one attached hydrogen (secondary N) is 1. The molecule has 2 aromatic rings. The van der Waals surface area contributed by atoms with Gasteiger partial charge in [-0.2, -0.15) is 0 Å². The number of phenolic OH excluding ortho intramolecular Hbond substituents is 1. The number of aromatic hydroxyl groups is 1. The summed E-state index contributed by atoms with van der Waals surface area (Å²) in [5.41, 5.74) is 0.814. The molecule has 25 heavy (non-hydrogen) atoms. The van der Waals surface area contributed by atoms with Crippen molar-refractivity contribution in [2.75, 3.05) is 0 Å². The second-order valence-electron chi connectivity index (χ2n) is 4.88. The molecule has 0 saturated carbocycles. The summed E-state index contributed by atoms with van der Waals surface area (Å²) in [7, 11) is 0. The van der Waals surface area contributed by atoms with Gasteiger partial charge in [-0.15, -0.1) is 0 Å². The lowest BCUT2D eigenvalue weighted by molar-refractivity contribution is -0.115. The highest BCUT2D eigenvalue weighted by atomic mass is 127. The predicted molar refractivity (Wildman–Crippen MR) is 122 cm³/mol. The fourth-order valence-electron chi connectivity index (χ4n) is 2.00. The average molecular weight is 691 g/mol. The lowest BCUT2D eigenvalue weighted by atomic mass is 10.2. The number of ether oxygens (including phenoxy) is 1. The molecule has 1 aliphatic rings. The molecule has 1 heterocycles. The molecular formula is C16H8I3NO4S. The monoisotopic (exact) mass is 691 g/mol. The molecule has 2 amide bonds. The number of carbonyl (C=O) groups excluding carboxylic acids is 2. The number of halogens is 3. The van der Waals surface area contributed by atoms with Crippen molar-refractivity contribution in [2.24, 2.45) is 0 Å². The Hall–Kier alpha value is -0.540. The normalized spacial score (nSPS) is 15.6. The minimum atomic E-state index is -0.376. The SMILES string of the molecule is O=C1NC(=O)/C(=C/c2cc(I)c(Oc3ccc(O)c(I)c3)c(I)c2)S1. The maximum atomic E-state index is 11.7. The molecule has 9 heteroatoms. The van der Waals surface area contributed by atoms with Gasteiger partial charge in [0.1, 0.15) is 11.5 Å². The minimum absolute atomic E-state index is 0.209. The van der Waals surface area contributed by atoms with Crippen LogP contribution in [0.25, 0.3) is 6.08 Å². The second kappa shape index (κ2) is 8.00. The molecule has 1 aliphatic heterocycles. The smallest absolute Gasteiger partial charge is 0.290 e. The number of amides is 2. The Morgan fingerprint density at radius 3 is 2.28 bits per heavy atom. The van der Waals surface area contributed by atoms with E-state index in [0.29, 0.717) is 20.0 Å². The molecule has 2 aromatic carbocycles. The first kappa shape index (κ1) is 19.2. The van der Waals surface area contributed by atoms with Gasteiger partial charge in [0.15, 0.2) is 5.75 Å². The third-order valence-electron chi connectivity index (χ3n) is 3.10. The number of benzene rings is 2. The first-order valence-corrected chi connectivity index (χ1v) is 10.8. The standard InChI is InChI=1S/C16H8I3NO4S/c17-9-6-8(1-2-12(9)21)24-14-10(18)3-7(4-11(14)19)5-13-15(22)20-16(23)25-13/h1-6,21H,(H,20,22,23)/b13-5-. The average Bonchev–Trinajstić information content (AvgIpc) is 2.84. The van der Waals surface area contributed by atoms with Gasteiger partial charge in [-0.05, 0) is 122 Å². The van der Waals surface area contributed by atoms with Crippen molar-refractivity contribution >= 4 is 96.8 Å². The molecule has 0 aliphatic carbocycles. The number of imide groups is 1. The van der Waals surface area contributed by atoms with Crippen molar-refractivity contribution in [1.82, 2.24) is 5.32 Å². The predicted octanol–water partition coefficient (Wildman–Crippen LogP) is 5.32. The van der Waals surface area contributed by atoms with Gasteiger partial charge >= 0.3 is 0 Å². The number of rotatable bonds is 3. The van der Waals surface area contributed by atoms with Crippen molar-refractivity contribution in [3.63, 3.8) is 0 Å². The van der Waals surface area contributed by atoms with Gasteiger partial charge in [-0.1, -0.05) is 0 Å². The Morgan fingerprint density at radius 2 is 1.72 bits per heavy atom. The fraction of sp³-hybridized carbons (Fsp3) is 0. The van der Waals surface area contributed by atoms with Gasteiger partial charge in [0.05, 0.1) is 15.6 Å². The molecule has 0 spiro atoms. The van der Waals surface area contributed by atoms with Gasteiger partial charge in [-0.3, -0.25) is 14.9 Å². The van der Waals surface area contributed by atoms with E-state index in [1.807, 2.05) is 34.7 Å². The molecule has 2 N–H and O–H groups in total. The van der Waals surface area contributed by atoms with Crippen LogP contribution in [0.2, 0.25) is 0 Å². The van der Waals surface area contributed by atoms with Crippen LogP contribution in [0.4, 0.5) is 4.79 Å². The van der Waals surface area contributed by atoms with Crippen LogP contribution in [0.5, 0.6) is 17.2 Å². The lowest BCUT2D eigenvalue weighted by Crippen LogP contribution is -2.17. The number of phenols is 1. The van der Waals surface area contributed by atoms with Gasteiger partial charge < -0.3 is 9.84 Å². The van der Waals surface area contributed by atoms with Crippen LogP contribution in [0.3, 0.4) is 0 Å². The van der Waals surface area contributed by atoms with Crippen LogP contribution in [0.15, 0.2) is 35.2 Å². The molecule has 1 saturated heterocycles. The van der Waals surface area contributed by atoms with Crippen molar-refractivity contribution in [1.29, 1.82) is 0 Å². The Morgan fingerprint density at radius 1 is 1.04 bits per heavy atom. The molecule has 0 aromatic heterocycles. The van der Waals surface area contributed by atoms with E-state index in [0.717, 1.165) is 24.5 Å². The fourth-order valence-corrected chi connectivity index (χ4v) is 5.21. The summed E-state index contributed by atoms with van der Waals surface area (Å²) < 4.78 is 8.39. The highest BCUT2D eigenvalue weighted by Crippen LogP contribution is 2.36. The maximum Gasteiger partial charge on any atom is 0.290 e. The van der Waals surface area contributed by atoms with Gasteiger partial charge in [0.25, 0.3) is 11.1 Å². The topological polar surface area (TPSA) is 75.6 Å². The molecule has 0 unspecified atom stereocenters. The molecule has 5 nitrogen and oxygen atoms in total. The van der Waals surface area contributed by atoms with E-state index in [1.165, 1.54) is 0 Å². The molecule has 0 radical (unpaired) electrons. The van der Waals surface area contributed by atoms with Crippen molar-refractivity contribution < 1.29 is 19.4 Å². The number of thioether (sulfide) groups is 1. The molecule has 0 atom stereocenters. The Labute approximate surface area is 188 Å². The van der Waals surface area contributed by atoms with E-state index in [2.05, 4.69) is 50.5 Å². The van der Waals surface area contributed by atoms with Crippen LogP contribution in [-0.2, 0) is 4.79 Å². The zero-order valence-electron chi connectivity index (χ0n) is 12.2. The summed E-state index contributed by atoms with van der Waals surface area (Å²) in [5, 5.41) is 11.5. The summed E-state index contributed by atoms with van der Waals surface area (Å²) in [6.07, 6.45) is 1.68. The van der Waals surface area contributed by atoms with Crippen molar-refractivity contribution in [3.8, 4) is 17.2 Å². The number of carbonyl (C=O) groups is 2. The van der Waals surface area contributed by atoms with Gasteiger partial charge in [-0.25, -0.2) is 0 Å². The van der Waals surface area contributed by atoms with Crippen molar-refractivity contribution in [2.45, 2.75) is 0 Å². The molecule has 3 rings (SSSR count). The zero-order chi connectivity index (χ0) is 18.1. The first-order valence-electron chi connectivity index (χ1n) is 6.74. The Kier molecular flexibility index (Phi) is 6.15. The van der Waals surface area contributed by atoms with E-state index in [4.69, 9.17) is 4.74 Å². The van der Waals surface area contributed by atoms with Gasteiger partial charge in [0.2, 0.25) is 0 Å². The molecule has 1 fully saturated rings. The van der Waals surface area contributed by atoms with E-state index in [1.54, 1.807) is 24.3 Å². The zero-order valence-corrected chi connectivity index (χ0v) is 19.5. The van der Waals surface area contributed by atoms with Gasteiger partial charge in [0, 0.05) is 0 Å². The van der Waals surface area contributed by atoms with Crippen LogP contribution in [0, 0.1) is 10.7 Å². The van der Waals surface area contributed by atoms with Crippen LogP contribution in [0.1, 0.15) is 5.56 Å². The summed E-state index contributed by atoms with van der Waals surface area (Å²) in [5.74, 6) is 1.16. The summed E-state index contributed by atoms with van der Waals surface area (Å²) >= 11 is 7.26. The van der Waals surface area contributed by atoms with Crippen LogP contribution < -0.4 is 10.1 Å². The van der Waals surface area contributed by atoms with E-state index < -0.39 is 0 Å². The molecule has 0 bridgehead atoms. The third kappa shape index (κ3) is 4.60. The minimum Gasteiger partial charge on any atom is -0.507 e. The number of hydrogen-bond acceptors (Lipinski definition) is 5. The highest BCUT2D eigenvalue weighted by Gasteiger charge is 2.25. The molecular weight excluding hydrogens is 683 g/mol. The summed E-state index contributed by atoms with van der Waals surface area (Å²) in [4.78, 5) is 23.3. The second-order valence-corrected chi connectivity index (χ2v) is 9.38. The number of hydrogen-bond donors (Lipinski definition) is 2. The van der Waals surface area contributed by atoms with E-state index in [-0.39, 0.29) is 16.9 Å². The molecule has 128 valence electrons. The highest BCUT2D eigenvalue weighted by molar-refractivity contribution is 14.1. The first-order chi connectivity index (χ1) is 11.8. The lowest BCUT2D eigenvalue weighted by Gasteiger charge is -2.12. The largest absolute Gasteiger partial charge is 0.507 e. The van der Waals surface area contributed by atoms with E-state index >= 15 is 0 Å². The summed E-state index contributed by atoms with van der Waals surface area (Å²) in [6, 6.07) is 8.80. The maximum absolute atomic E-state index is 11.7. The van der Waals surface area contributed by atoms with Crippen molar-refractivity contribution in [3.05, 3.63) is 51.5 Å². The summed E-state index contributed by atoms with van der Waals surface area (Å²) in [6.45, 7) is 0. The quantitative estimate of drug-likeness (QED) is 0.337. The Balaban J connectivity index is 1.90. The van der Waals surface area contributed by atoms with E-state index in [9.17, 15) is 14.7 Å². The Bertz CT molecular complexity index is 907. The third-order valence-corrected chi connectivity index (χ3v) is 6.38. The van der Waals surface area contributed by atoms with Crippen LogP contribution in [-0.4, -0.2) is 16.3 Å².